The van der Waals surface area contributed by atoms with E-state index in [9.17, 15) is 9.59 Å². The molecule has 0 saturated heterocycles. The minimum Gasteiger partial charge on any atom is -0.335 e. The molecule has 0 aliphatic heterocycles. The van der Waals surface area contributed by atoms with Crippen molar-refractivity contribution in [3.63, 3.8) is 0 Å². The molecule has 0 radical (unpaired) electrons. The van der Waals surface area contributed by atoms with Crippen molar-refractivity contribution in [2.24, 2.45) is 0 Å². The molecule has 0 bridgehead atoms. The molecule has 2 heterocycles. The molecule has 0 aliphatic carbocycles. The van der Waals surface area contributed by atoms with Gasteiger partial charge in [0, 0.05) is 11.4 Å². The van der Waals surface area contributed by atoms with Crippen LogP contribution in [0.4, 0.5) is 4.79 Å². The molecule has 0 atom stereocenters. The zero-order valence-electron chi connectivity index (χ0n) is 10.7. The molecule has 0 spiro atoms. The van der Waals surface area contributed by atoms with Gasteiger partial charge in [-0.2, -0.15) is 0 Å². The Labute approximate surface area is 125 Å². The van der Waals surface area contributed by atoms with Crippen LogP contribution >= 0.6 is 22.7 Å². The van der Waals surface area contributed by atoms with E-state index >= 15 is 0 Å². The number of carbonyl (C=O) groups is 2. The van der Waals surface area contributed by atoms with E-state index in [4.69, 9.17) is 0 Å². The molecule has 0 saturated carbocycles. The molecular weight excluding hydrogens is 292 g/mol. The van der Waals surface area contributed by atoms with E-state index in [1.165, 1.54) is 22.7 Å². The van der Waals surface area contributed by atoms with Crippen LogP contribution in [0.5, 0.6) is 0 Å². The van der Waals surface area contributed by atoms with Gasteiger partial charge in [-0.15, -0.1) is 29.3 Å². The number of urea groups is 1. The lowest BCUT2D eigenvalue weighted by Gasteiger charge is -2.03. The molecule has 2 aromatic heterocycles. The number of amides is 2. The first kappa shape index (κ1) is 14.5. The van der Waals surface area contributed by atoms with Crippen molar-refractivity contribution in [1.82, 2.24) is 10.6 Å². The molecule has 0 unspecified atom stereocenters. The SMILES string of the molecule is C=CCNC(=O)NCc1ccc(C(=O)c2cccs2)s1. The van der Waals surface area contributed by atoms with E-state index in [2.05, 4.69) is 17.2 Å². The van der Waals surface area contributed by atoms with E-state index in [0.717, 1.165) is 9.75 Å². The molecule has 0 fully saturated rings. The first-order valence-corrected chi connectivity index (χ1v) is 7.70. The normalized spacial score (nSPS) is 10.0. The average molecular weight is 306 g/mol. The van der Waals surface area contributed by atoms with Gasteiger partial charge in [0.05, 0.1) is 16.3 Å². The van der Waals surface area contributed by atoms with Crippen LogP contribution in [-0.4, -0.2) is 18.4 Å². The maximum Gasteiger partial charge on any atom is 0.315 e. The number of hydrogen-bond acceptors (Lipinski definition) is 4. The zero-order valence-corrected chi connectivity index (χ0v) is 12.4. The minimum atomic E-state index is -0.246. The van der Waals surface area contributed by atoms with Gasteiger partial charge in [0.2, 0.25) is 5.78 Å². The van der Waals surface area contributed by atoms with Crippen LogP contribution in [0.15, 0.2) is 42.3 Å². The second-order valence-corrected chi connectivity index (χ2v) is 6.04. The molecule has 6 heteroatoms. The molecule has 4 nitrogen and oxygen atoms in total. The Morgan fingerprint density at radius 2 is 2.05 bits per heavy atom. The maximum atomic E-state index is 12.1. The smallest absolute Gasteiger partial charge is 0.315 e. The summed E-state index contributed by atoms with van der Waals surface area (Å²) in [5.74, 6) is 0.0346. The van der Waals surface area contributed by atoms with Crippen LogP contribution < -0.4 is 10.6 Å². The van der Waals surface area contributed by atoms with Gasteiger partial charge in [0.15, 0.2) is 0 Å². The van der Waals surface area contributed by atoms with E-state index in [0.29, 0.717) is 18.0 Å². The largest absolute Gasteiger partial charge is 0.335 e. The number of rotatable bonds is 6. The molecule has 2 amide bonds. The van der Waals surface area contributed by atoms with Crippen molar-refractivity contribution in [3.8, 4) is 0 Å². The van der Waals surface area contributed by atoms with E-state index in [-0.39, 0.29) is 11.8 Å². The second-order valence-electron chi connectivity index (χ2n) is 3.92. The van der Waals surface area contributed by atoms with Crippen LogP contribution in [0.3, 0.4) is 0 Å². The van der Waals surface area contributed by atoms with Gasteiger partial charge in [0.1, 0.15) is 0 Å². The molecule has 104 valence electrons. The van der Waals surface area contributed by atoms with Crippen molar-refractivity contribution in [2.75, 3.05) is 6.54 Å². The lowest BCUT2D eigenvalue weighted by atomic mass is 10.3. The van der Waals surface area contributed by atoms with Crippen molar-refractivity contribution in [1.29, 1.82) is 0 Å². The van der Waals surface area contributed by atoms with Gasteiger partial charge < -0.3 is 10.6 Å². The molecule has 0 aliphatic rings. The number of hydrogen-bond donors (Lipinski definition) is 2. The predicted octanol–water partition coefficient (Wildman–Crippen LogP) is 3.03. The van der Waals surface area contributed by atoms with Crippen molar-refractivity contribution < 1.29 is 9.59 Å². The van der Waals surface area contributed by atoms with E-state index in [1.54, 1.807) is 12.1 Å². The Morgan fingerprint density at radius 3 is 2.75 bits per heavy atom. The van der Waals surface area contributed by atoms with Crippen LogP contribution in [0, 0.1) is 0 Å². The second kappa shape index (κ2) is 7.02. The lowest BCUT2D eigenvalue weighted by Crippen LogP contribution is -2.34. The van der Waals surface area contributed by atoms with Gasteiger partial charge in [-0.3, -0.25) is 4.79 Å². The molecular formula is C14H14N2O2S2. The van der Waals surface area contributed by atoms with Gasteiger partial charge >= 0.3 is 6.03 Å². The fourth-order valence-corrected chi connectivity index (χ4v) is 3.16. The third kappa shape index (κ3) is 3.79. The summed E-state index contributed by atoms with van der Waals surface area (Å²) >= 11 is 2.83. The van der Waals surface area contributed by atoms with Gasteiger partial charge in [0.25, 0.3) is 0 Å². The Balaban J connectivity index is 1.91. The molecule has 2 aromatic rings. The van der Waals surface area contributed by atoms with E-state index < -0.39 is 0 Å². The highest BCUT2D eigenvalue weighted by Crippen LogP contribution is 2.22. The highest BCUT2D eigenvalue weighted by atomic mass is 32.1. The predicted molar refractivity (Wildman–Crippen MR) is 82.5 cm³/mol. The Hall–Kier alpha value is -1.92. The third-order valence-electron chi connectivity index (χ3n) is 2.46. The van der Waals surface area contributed by atoms with E-state index in [1.807, 2.05) is 23.6 Å². The zero-order chi connectivity index (χ0) is 14.4. The van der Waals surface area contributed by atoms with Crippen molar-refractivity contribution >= 4 is 34.5 Å². The summed E-state index contributed by atoms with van der Waals surface area (Å²) in [5, 5.41) is 7.23. The molecule has 20 heavy (non-hydrogen) atoms. The van der Waals surface area contributed by atoms with Gasteiger partial charge in [-0.1, -0.05) is 12.1 Å². The Kier molecular flexibility index (Phi) is 5.09. The Morgan fingerprint density at radius 1 is 1.20 bits per heavy atom. The topological polar surface area (TPSA) is 58.2 Å². The van der Waals surface area contributed by atoms with Crippen LogP contribution in [0.1, 0.15) is 19.4 Å². The quantitative estimate of drug-likeness (QED) is 0.636. The summed E-state index contributed by atoms with van der Waals surface area (Å²) in [5.41, 5.74) is 0. The van der Waals surface area contributed by atoms with Crippen molar-refractivity contribution in [3.05, 3.63) is 56.9 Å². The minimum absolute atomic E-state index is 0.0346. The molecule has 0 aromatic carbocycles. The number of ketones is 1. The third-order valence-corrected chi connectivity index (χ3v) is 4.41. The highest BCUT2D eigenvalue weighted by Gasteiger charge is 2.12. The van der Waals surface area contributed by atoms with Crippen LogP contribution in [0.2, 0.25) is 0 Å². The van der Waals surface area contributed by atoms with Crippen molar-refractivity contribution in [2.45, 2.75) is 6.54 Å². The fourth-order valence-electron chi connectivity index (χ4n) is 1.52. The van der Waals surface area contributed by atoms with Gasteiger partial charge in [-0.25, -0.2) is 4.79 Å². The monoisotopic (exact) mass is 306 g/mol. The Bertz CT molecular complexity index is 602. The molecule has 2 N–H and O–H groups in total. The number of thiophene rings is 2. The van der Waals surface area contributed by atoms with Crippen LogP contribution in [0.25, 0.3) is 0 Å². The highest BCUT2D eigenvalue weighted by molar-refractivity contribution is 7.16. The summed E-state index contributed by atoms with van der Waals surface area (Å²) in [6, 6.07) is 7.08. The first-order chi connectivity index (χ1) is 9.70. The number of nitrogens with one attached hydrogen (secondary N) is 2. The summed E-state index contributed by atoms with van der Waals surface area (Å²) in [4.78, 5) is 25.8. The summed E-state index contributed by atoms with van der Waals surface area (Å²) < 4.78 is 0. The first-order valence-electron chi connectivity index (χ1n) is 6.00. The average Bonchev–Trinajstić information content (AvgIpc) is 3.12. The van der Waals surface area contributed by atoms with Gasteiger partial charge in [-0.05, 0) is 23.6 Å². The van der Waals surface area contributed by atoms with Crippen LogP contribution in [-0.2, 0) is 6.54 Å². The number of carbonyl (C=O) groups excluding carboxylic acids is 2. The standard InChI is InChI=1S/C14H14N2O2S2/c1-2-7-15-14(18)16-9-10-5-6-12(20-10)13(17)11-4-3-8-19-11/h2-6,8H,1,7,9H2,(H2,15,16,18). The fraction of sp³-hybridized carbons (Fsp3) is 0.143. The summed E-state index contributed by atoms with van der Waals surface area (Å²) in [6.07, 6.45) is 1.61. The summed E-state index contributed by atoms with van der Waals surface area (Å²) in [7, 11) is 0. The summed E-state index contributed by atoms with van der Waals surface area (Å²) in [6.45, 7) is 4.36. The maximum absolute atomic E-state index is 12.1. The lowest BCUT2D eigenvalue weighted by molar-refractivity contribution is 0.104. The molecule has 2 rings (SSSR count).